The van der Waals surface area contributed by atoms with Crippen LogP contribution in [0.2, 0.25) is 0 Å². The Morgan fingerprint density at radius 2 is 1.96 bits per heavy atom. The van der Waals surface area contributed by atoms with Crippen LogP contribution in [0.15, 0.2) is 36.5 Å². The lowest BCUT2D eigenvalue weighted by molar-refractivity contribution is 0.172. The summed E-state index contributed by atoms with van der Waals surface area (Å²) in [6.07, 6.45) is 4.16. The fourth-order valence-electron chi connectivity index (χ4n) is 3.86. The van der Waals surface area contributed by atoms with Gasteiger partial charge in [-0.3, -0.25) is 4.90 Å². The van der Waals surface area contributed by atoms with Gasteiger partial charge in [0.15, 0.2) is 0 Å². The largest absolute Gasteiger partial charge is 0.325 e. The average Bonchev–Trinajstić information content (AvgIpc) is 3.29. The van der Waals surface area contributed by atoms with Crippen LogP contribution in [-0.4, -0.2) is 42.8 Å². The van der Waals surface area contributed by atoms with Crippen molar-refractivity contribution in [2.45, 2.75) is 45.8 Å². The minimum atomic E-state index is 0.426. The molecule has 0 aliphatic carbocycles. The van der Waals surface area contributed by atoms with Crippen LogP contribution < -0.4 is 5.73 Å². The van der Waals surface area contributed by atoms with Gasteiger partial charge in [-0.2, -0.15) is 5.10 Å². The van der Waals surface area contributed by atoms with Crippen LogP contribution in [0.3, 0.4) is 0 Å². The Bertz CT molecular complexity index is 903. The number of rotatable bonds is 5. The molecule has 0 atom stereocenters. The third kappa shape index (κ3) is 3.94. The molecule has 7 heteroatoms. The summed E-state index contributed by atoms with van der Waals surface area (Å²) in [5.74, 6) is 0. The summed E-state index contributed by atoms with van der Waals surface area (Å²) < 4.78 is 4.01. The Balaban J connectivity index is 1.39. The van der Waals surface area contributed by atoms with Gasteiger partial charge in [0.1, 0.15) is 0 Å². The van der Waals surface area contributed by atoms with Crippen molar-refractivity contribution in [2.75, 3.05) is 13.1 Å². The van der Waals surface area contributed by atoms with Crippen molar-refractivity contribution in [2.24, 2.45) is 5.73 Å². The van der Waals surface area contributed by atoms with Gasteiger partial charge in [0.2, 0.25) is 0 Å². The molecule has 0 radical (unpaired) electrons. The fourth-order valence-corrected chi connectivity index (χ4v) is 3.86. The van der Waals surface area contributed by atoms with Crippen LogP contribution in [0.25, 0.3) is 5.69 Å². The lowest BCUT2D eigenvalue weighted by Crippen LogP contribution is -2.34. The summed E-state index contributed by atoms with van der Waals surface area (Å²) in [6, 6.07) is 11.2. The predicted molar refractivity (Wildman–Crippen MR) is 104 cm³/mol. The normalized spacial score (nSPS) is 16.1. The quantitative estimate of drug-likeness (QED) is 0.751. The van der Waals surface area contributed by atoms with E-state index >= 15 is 0 Å². The highest BCUT2D eigenvalue weighted by molar-refractivity contribution is 5.37. The zero-order valence-corrected chi connectivity index (χ0v) is 16.0. The van der Waals surface area contributed by atoms with Crippen molar-refractivity contribution in [1.29, 1.82) is 0 Å². The van der Waals surface area contributed by atoms with Crippen molar-refractivity contribution < 1.29 is 0 Å². The number of aryl methyl sites for hydroxylation is 2. The summed E-state index contributed by atoms with van der Waals surface area (Å²) in [5.41, 5.74) is 11.2. The number of hydrogen-bond acceptors (Lipinski definition) is 5. The molecule has 1 saturated heterocycles. The number of hydrogen-bond donors (Lipinski definition) is 1. The van der Waals surface area contributed by atoms with E-state index in [1.54, 1.807) is 0 Å². The Morgan fingerprint density at radius 1 is 1.15 bits per heavy atom. The van der Waals surface area contributed by atoms with Crippen LogP contribution in [0.5, 0.6) is 0 Å². The molecule has 4 rings (SSSR count). The Hall–Kier alpha value is -2.51. The Labute approximate surface area is 159 Å². The van der Waals surface area contributed by atoms with Crippen LogP contribution >= 0.6 is 0 Å². The van der Waals surface area contributed by atoms with E-state index in [4.69, 9.17) is 5.73 Å². The van der Waals surface area contributed by atoms with Gasteiger partial charge >= 0.3 is 0 Å². The number of benzene rings is 1. The van der Waals surface area contributed by atoms with E-state index in [-0.39, 0.29) is 0 Å². The second-order valence-electron chi connectivity index (χ2n) is 7.41. The van der Waals surface area contributed by atoms with Crippen molar-refractivity contribution in [3.8, 4) is 5.69 Å². The van der Waals surface area contributed by atoms with Crippen LogP contribution in [0.1, 0.15) is 41.5 Å². The minimum Gasteiger partial charge on any atom is -0.325 e. The van der Waals surface area contributed by atoms with E-state index in [0.29, 0.717) is 12.6 Å². The lowest BCUT2D eigenvalue weighted by Gasteiger charge is -2.31. The molecule has 142 valence electrons. The van der Waals surface area contributed by atoms with Crippen molar-refractivity contribution >= 4 is 0 Å². The van der Waals surface area contributed by atoms with Crippen molar-refractivity contribution in [3.05, 3.63) is 59.2 Å². The number of piperidine rings is 1. The van der Waals surface area contributed by atoms with Gasteiger partial charge in [-0.1, -0.05) is 17.3 Å². The monoisotopic (exact) mass is 365 g/mol. The SMILES string of the molecule is Cc1cc(C)n(-c2cccc(CN3CCC(n4cc(CN)nn4)CC3)c2)n1. The smallest absolute Gasteiger partial charge is 0.0962 e. The molecule has 7 nitrogen and oxygen atoms in total. The molecule has 2 aromatic heterocycles. The summed E-state index contributed by atoms with van der Waals surface area (Å²) in [6.45, 7) is 7.66. The fraction of sp³-hybridized carbons (Fsp3) is 0.450. The molecule has 0 bridgehead atoms. The van der Waals surface area contributed by atoms with Gasteiger partial charge in [0.25, 0.3) is 0 Å². The van der Waals surface area contributed by atoms with Gasteiger partial charge < -0.3 is 5.73 Å². The van der Waals surface area contributed by atoms with Gasteiger partial charge in [0, 0.05) is 31.9 Å². The molecule has 0 unspecified atom stereocenters. The molecule has 27 heavy (non-hydrogen) atoms. The molecule has 0 saturated carbocycles. The molecular weight excluding hydrogens is 338 g/mol. The first-order valence-electron chi connectivity index (χ1n) is 9.58. The minimum absolute atomic E-state index is 0.426. The zero-order chi connectivity index (χ0) is 18.8. The maximum absolute atomic E-state index is 5.64. The first kappa shape index (κ1) is 17.9. The maximum Gasteiger partial charge on any atom is 0.0962 e. The van der Waals surface area contributed by atoms with Crippen LogP contribution in [-0.2, 0) is 13.1 Å². The highest BCUT2D eigenvalue weighted by Crippen LogP contribution is 2.23. The number of likely N-dealkylation sites (tertiary alicyclic amines) is 1. The summed E-state index contributed by atoms with van der Waals surface area (Å²) in [4.78, 5) is 2.51. The molecule has 1 fully saturated rings. The average molecular weight is 365 g/mol. The van der Waals surface area contributed by atoms with E-state index in [9.17, 15) is 0 Å². The Kier molecular flexibility index (Phi) is 5.05. The Morgan fingerprint density at radius 3 is 2.63 bits per heavy atom. The standard InChI is InChI=1S/C20H27N7/c1-15-10-16(2)27(23-15)20-5-3-4-17(11-20)13-25-8-6-19(7-9-25)26-14-18(12-21)22-24-26/h3-5,10-11,14,19H,6-9,12-13,21H2,1-2H3. The van der Waals surface area contributed by atoms with E-state index in [1.807, 2.05) is 22.5 Å². The molecule has 1 aliphatic heterocycles. The summed E-state index contributed by atoms with van der Waals surface area (Å²) in [7, 11) is 0. The molecule has 1 aromatic carbocycles. The molecule has 0 amide bonds. The molecular formula is C20H27N7. The predicted octanol–water partition coefficient (Wildman–Crippen LogP) is 2.38. The van der Waals surface area contributed by atoms with E-state index < -0.39 is 0 Å². The zero-order valence-electron chi connectivity index (χ0n) is 16.0. The topological polar surface area (TPSA) is 77.8 Å². The summed E-state index contributed by atoms with van der Waals surface area (Å²) in [5, 5.41) is 12.9. The third-order valence-corrected chi connectivity index (χ3v) is 5.27. The summed E-state index contributed by atoms with van der Waals surface area (Å²) >= 11 is 0. The molecule has 2 N–H and O–H groups in total. The van der Waals surface area contributed by atoms with Gasteiger partial charge in [-0.15, -0.1) is 5.10 Å². The molecule has 3 aromatic rings. The lowest BCUT2D eigenvalue weighted by atomic mass is 10.0. The molecule has 0 spiro atoms. The number of nitrogens with zero attached hydrogens (tertiary/aromatic N) is 6. The van der Waals surface area contributed by atoms with E-state index in [2.05, 4.69) is 57.6 Å². The van der Waals surface area contributed by atoms with Crippen LogP contribution in [0.4, 0.5) is 0 Å². The number of nitrogens with two attached hydrogens (primary N) is 1. The van der Waals surface area contributed by atoms with Crippen molar-refractivity contribution in [1.82, 2.24) is 29.7 Å². The van der Waals surface area contributed by atoms with Crippen molar-refractivity contribution in [3.63, 3.8) is 0 Å². The van der Waals surface area contributed by atoms with Gasteiger partial charge in [-0.05, 0) is 50.5 Å². The number of aromatic nitrogens is 5. The van der Waals surface area contributed by atoms with E-state index in [0.717, 1.165) is 55.2 Å². The third-order valence-electron chi connectivity index (χ3n) is 5.27. The van der Waals surface area contributed by atoms with Gasteiger partial charge in [-0.25, -0.2) is 9.36 Å². The van der Waals surface area contributed by atoms with Gasteiger partial charge in [0.05, 0.1) is 29.3 Å². The second kappa shape index (κ2) is 7.62. The maximum atomic E-state index is 5.64. The molecule has 1 aliphatic rings. The first-order chi connectivity index (χ1) is 13.1. The second-order valence-corrected chi connectivity index (χ2v) is 7.41. The van der Waals surface area contributed by atoms with Crippen LogP contribution in [0, 0.1) is 13.8 Å². The van der Waals surface area contributed by atoms with E-state index in [1.165, 1.54) is 5.56 Å². The highest BCUT2D eigenvalue weighted by atomic mass is 15.4. The highest BCUT2D eigenvalue weighted by Gasteiger charge is 2.21. The molecule has 3 heterocycles. The first-order valence-corrected chi connectivity index (χ1v) is 9.58.